The van der Waals surface area contributed by atoms with Gasteiger partial charge in [0.05, 0.1) is 6.21 Å². The molecule has 2 atom stereocenters. The molecule has 0 radical (unpaired) electrons. The molecule has 1 aromatic rings. The summed E-state index contributed by atoms with van der Waals surface area (Å²) in [6.45, 7) is 14.4. The number of amides is 1. The van der Waals surface area contributed by atoms with Crippen LogP contribution >= 0.6 is 0 Å². The van der Waals surface area contributed by atoms with Crippen LogP contribution in [0.25, 0.3) is 0 Å². The van der Waals surface area contributed by atoms with Gasteiger partial charge in [0.2, 0.25) is 0 Å². The average molecular weight is 361 g/mol. The molecule has 0 aliphatic carbocycles. The first-order valence-electron chi connectivity index (χ1n) is 9.11. The third-order valence-electron chi connectivity index (χ3n) is 4.55. The molecule has 4 N–H and O–H groups in total. The number of hydrogen-bond acceptors (Lipinski definition) is 5. The molecule has 6 heteroatoms. The van der Waals surface area contributed by atoms with Crippen molar-refractivity contribution in [2.24, 2.45) is 5.10 Å². The van der Waals surface area contributed by atoms with Gasteiger partial charge in [0.25, 0.3) is 5.91 Å². The molecule has 6 nitrogen and oxygen atoms in total. The van der Waals surface area contributed by atoms with Gasteiger partial charge in [-0.25, -0.2) is 10.9 Å². The Morgan fingerprint density at radius 3 is 2.12 bits per heavy atom. The standard InChI is InChI=1S/C20H32N4O2/c1-12-8-16(23-22-12)18(26)24-21-11-13-9-14(19(2,3)4)17(25)15(10-13)20(5,6)7/h9-12,16,22-23,25H,8H2,1-7H3,(H,24,26)/b21-11+. The molecule has 1 aliphatic heterocycles. The second-order valence-corrected chi connectivity index (χ2v) is 9.18. The van der Waals surface area contributed by atoms with Crippen molar-refractivity contribution < 1.29 is 9.90 Å². The van der Waals surface area contributed by atoms with Crippen LogP contribution in [0.4, 0.5) is 0 Å². The molecule has 1 aliphatic rings. The molecule has 1 amide bonds. The molecule has 2 rings (SSSR count). The second kappa shape index (κ2) is 7.37. The maximum Gasteiger partial charge on any atom is 0.258 e. The summed E-state index contributed by atoms with van der Waals surface area (Å²) in [5.74, 6) is 0.172. The Bertz CT molecular complexity index is 664. The monoisotopic (exact) mass is 360 g/mol. The molecular weight excluding hydrogens is 328 g/mol. The van der Waals surface area contributed by atoms with E-state index in [1.165, 1.54) is 0 Å². The number of nitrogens with zero attached hydrogens (tertiary/aromatic N) is 1. The van der Waals surface area contributed by atoms with E-state index in [1.807, 2.05) is 19.1 Å². The van der Waals surface area contributed by atoms with Gasteiger partial charge in [-0.1, -0.05) is 41.5 Å². The van der Waals surface area contributed by atoms with Crippen molar-refractivity contribution in [1.29, 1.82) is 0 Å². The largest absolute Gasteiger partial charge is 0.507 e. The Morgan fingerprint density at radius 1 is 1.15 bits per heavy atom. The van der Waals surface area contributed by atoms with Crippen molar-refractivity contribution in [2.75, 3.05) is 0 Å². The van der Waals surface area contributed by atoms with Crippen LogP contribution in [0.1, 0.15) is 71.6 Å². The van der Waals surface area contributed by atoms with E-state index in [2.05, 4.69) is 62.9 Å². The first kappa shape index (κ1) is 20.4. The van der Waals surface area contributed by atoms with Crippen LogP contribution in [-0.4, -0.2) is 29.3 Å². The summed E-state index contributed by atoms with van der Waals surface area (Å²) in [4.78, 5) is 12.1. The van der Waals surface area contributed by atoms with Crippen molar-refractivity contribution in [3.63, 3.8) is 0 Å². The highest BCUT2D eigenvalue weighted by atomic mass is 16.3. The number of nitrogens with one attached hydrogen (secondary N) is 3. The van der Waals surface area contributed by atoms with Crippen molar-refractivity contribution >= 4 is 12.1 Å². The van der Waals surface area contributed by atoms with E-state index in [4.69, 9.17) is 0 Å². The van der Waals surface area contributed by atoms with Crippen molar-refractivity contribution in [2.45, 2.75) is 77.8 Å². The van der Waals surface area contributed by atoms with Gasteiger partial charge in [0.15, 0.2) is 0 Å². The van der Waals surface area contributed by atoms with E-state index in [9.17, 15) is 9.90 Å². The topological polar surface area (TPSA) is 85.8 Å². The summed E-state index contributed by atoms with van der Waals surface area (Å²) >= 11 is 0. The van der Waals surface area contributed by atoms with E-state index in [1.54, 1.807) is 6.21 Å². The molecule has 0 spiro atoms. The van der Waals surface area contributed by atoms with Crippen molar-refractivity contribution in [1.82, 2.24) is 16.3 Å². The van der Waals surface area contributed by atoms with E-state index in [0.717, 1.165) is 23.1 Å². The van der Waals surface area contributed by atoms with Crippen LogP contribution < -0.4 is 16.3 Å². The predicted molar refractivity (Wildman–Crippen MR) is 105 cm³/mol. The molecule has 144 valence electrons. The number of aromatic hydroxyl groups is 1. The summed E-state index contributed by atoms with van der Waals surface area (Å²) in [6, 6.07) is 3.84. The summed E-state index contributed by atoms with van der Waals surface area (Å²) < 4.78 is 0. The van der Waals surface area contributed by atoms with Crippen LogP contribution in [-0.2, 0) is 15.6 Å². The quantitative estimate of drug-likeness (QED) is 0.493. The maximum absolute atomic E-state index is 12.1. The Morgan fingerprint density at radius 2 is 1.69 bits per heavy atom. The Labute approximate surface area is 156 Å². The number of carbonyl (C=O) groups is 1. The fourth-order valence-corrected chi connectivity index (χ4v) is 3.01. The van der Waals surface area contributed by atoms with Crippen LogP contribution in [0.5, 0.6) is 5.75 Å². The van der Waals surface area contributed by atoms with Crippen LogP contribution in [0.15, 0.2) is 17.2 Å². The van der Waals surface area contributed by atoms with Gasteiger partial charge < -0.3 is 5.11 Å². The molecule has 1 fully saturated rings. The van der Waals surface area contributed by atoms with Gasteiger partial charge in [-0.15, -0.1) is 0 Å². The molecule has 1 aromatic carbocycles. The first-order chi connectivity index (χ1) is 11.9. The van der Waals surface area contributed by atoms with Crippen molar-refractivity contribution in [3.8, 4) is 5.75 Å². The van der Waals surface area contributed by atoms with Crippen LogP contribution in [0, 0.1) is 0 Å². The minimum atomic E-state index is -0.280. The number of carbonyl (C=O) groups excluding carboxylic acids is 1. The molecule has 2 unspecified atom stereocenters. The lowest BCUT2D eigenvalue weighted by molar-refractivity contribution is -0.122. The zero-order chi connectivity index (χ0) is 19.7. The van der Waals surface area contributed by atoms with Gasteiger partial charge in [-0.2, -0.15) is 5.10 Å². The second-order valence-electron chi connectivity index (χ2n) is 9.18. The lowest BCUT2D eigenvalue weighted by Crippen LogP contribution is -2.41. The van der Waals surface area contributed by atoms with Gasteiger partial charge in [0.1, 0.15) is 11.8 Å². The summed E-state index contributed by atoms with van der Waals surface area (Å²) in [6.07, 6.45) is 2.36. The van der Waals surface area contributed by atoms with E-state index in [0.29, 0.717) is 5.75 Å². The van der Waals surface area contributed by atoms with Gasteiger partial charge >= 0.3 is 0 Å². The average Bonchev–Trinajstić information content (AvgIpc) is 2.93. The van der Waals surface area contributed by atoms with Gasteiger partial charge in [0, 0.05) is 17.2 Å². The maximum atomic E-state index is 12.1. The number of hydrazone groups is 1. The molecular formula is C20H32N4O2. The predicted octanol–water partition coefficient (Wildman–Crippen LogP) is 2.69. The summed E-state index contributed by atoms with van der Waals surface area (Å²) in [5, 5.41) is 14.9. The molecule has 1 heterocycles. The molecule has 0 saturated carbocycles. The first-order valence-corrected chi connectivity index (χ1v) is 9.11. The van der Waals surface area contributed by atoms with E-state index in [-0.39, 0.29) is 28.8 Å². The third kappa shape index (κ3) is 4.83. The minimum Gasteiger partial charge on any atom is -0.507 e. The Kier molecular flexibility index (Phi) is 5.78. The summed E-state index contributed by atoms with van der Waals surface area (Å²) in [5.41, 5.74) is 10.7. The Hall–Kier alpha value is -1.92. The molecule has 1 saturated heterocycles. The molecule has 0 bridgehead atoms. The number of hydrogen-bond donors (Lipinski definition) is 4. The number of phenolic OH excluding ortho intramolecular Hbond substituents is 1. The van der Waals surface area contributed by atoms with Crippen LogP contribution in [0.3, 0.4) is 0 Å². The van der Waals surface area contributed by atoms with Gasteiger partial charge in [-0.05, 0) is 41.9 Å². The van der Waals surface area contributed by atoms with E-state index < -0.39 is 0 Å². The lowest BCUT2D eigenvalue weighted by Gasteiger charge is -2.27. The number of phenols is 1. The normalized spacial score (nSPS) is 21.3. The minimum absolute atomic E-state index is 0.163. The third-order valence-corrected chi connectivity index (χ3v) is 4.55. The fraction of sp³-hybridized carbons (Fsp3) is 0.600. The fourth-order valence-electron chi connectivity index (χ4n) is 3.01. The zero-order valence-corrected chi connectivity index (χ0v) is 16.9. The zero-order valence-electron chi connectivity index (χ0n) is 16.9. The number of hydrazine groups is 1. The van der Waals surface area contributed by atoms with E-state index >= 15 is 0 Å². The summed E-state index contributed by atoms with van der Waals surface area (Å²) in [7, 11) is 0. The van der Waals surface area contributed by atoms with Crippen LogP contribution in [0.2, 0.25) is 0 Å². The highest BCUT2D eigenvalue weighted by Crippen LogP contribution is 2.39. The number of rotatable bonds is 3. The SMILES string of the molecule is CC1CC(C(=O)N/N=C/c2cc(C(C)(C)C)c(O)c(C(C)(C)C)c2)NN1. The number of benzene rings is 1. The highest BCUT2D eigenvalue weighted by molar-refractivity contribution is 5.85. The highest BCUT2D eigenvalue weighted by Gasteiger charge is 2.27. The molecule has 26 heavy (non-hydrogen) atoms. The molecule has 0 aromatic heterocycles. The smallest absolute Gasteiger partial charge is 0.258 e. The Balaban J connectivity index is 2.24. The van der Waals surface area contributed by atoms with Crippen molar-refractivity contribution in [3.05, 3.63) is 28.8 Å². The van der Waals surface area contributed by atoms with Gasteiger partial charge in [-0.3, -0.25) is 10.2 Å². The lowest BCUT2D eigenvalue weighted by atomic mass is 9.78.